The summed E-state index contributed by atoms with van der Waals surface area (Å²) in [7, 11) is 0. The highest BCUT2D eigenvalue weighted by Gasteiger charge is 2.32. The number of likely N-dealkylation sites (tertiary alicyclic amines) is 1. The van der Waals surface area contributed by atoms with Crippen LogP contribution < -0.4 is 0 Å². The van der Waals surface area contributed by atoms with E-state index in [2.05, 4.69) is 9.97 Å². The predicted octanol–water partition coefficient (Wildman–Crippen LogP) is 2.32. The first kappa shape index (κ1) is 15.2. The Kier molecular flexibility index (Phi) is 3.74. The predicted molar refractivity (Wildman–Crippen MR) is 83.1 cm³/mol. The molecule has 0 aliphatic carbocycles. The third kappa shape index (κ3) is 2.76. The van der Waals surface area contributed by atoms with E-state index in [9.17, 15) is 13.9 Å². The number of aliphatic hydroxyl groups excluding tert-OH is 1. The molecule has 3 heterocycles. The molecular formula is C17H16F2N4O. The van der Waals surface area contributed by atoms with Crippen LogP contribution in [0.1, 0.15) is 23.7 Å². The van der Waals surface area contributed by atoms with Crippen molar-refractivity contribution >= 4 is 5.78 Å². The lowest BCUT2D eigenvalue weighted by molar-refractivity contribution is 0.172. The van der Waals surface area contributed by atoms with Gasteiger partial charge in [-0.15, -0.1) is 0 Å². The Balaban J connectivity index is 1.61. The second-order valence-corrected chi connectivity index (χ2v) is 6.07. The van der Waals surface area contributed by atoms with E-state index in [1.165, 1.54) is 6.07 Å². The van der Waals surface area contributed by atoms with Crippen LogP contribution in [0, 0.1) is 11.6 Å². The van der Waals surface area contributed by atoms with Crippen LogP contribution in [0.5, 0.6) is 0 Å². The molecule has 1 N–H and O–H groups in total. The van der Waals surface area contributed by atoms with Crippen LogP contribution in [0.2, 0.25) is 0 Å². The first-order valence-corrected chi connectivity index (χ1v) is 7.76. The Morgan fingerprint density at radius 2 is 2.12 bits per heavy atom. The standard InChI is InChI=1S/C17H16F2N4O/c18-14-3-2-11(6-15(14)19)16-7-13(24)10-23(16)9-12-8-22-5-1-4-20-17(22)21-12/h1-6,8,13,16,24H,7,9-10H2/t13-,16-/m1/s1. The average Bonchev–Trinajstić information content (AvgIpc) is 3.13. The highest BCUT2D eigenvalue weighted by molar-refractivity contribution is 5.30. The summed E-state index contributed by atoms with van der Waals surface area (Å²) in [5.41, 5.74) is 1.47. The molecule has 0 amide bonds. The maximum atomic E-state index is 13.5. The minimum absolute atomic E-state index is 0.173. The van der Waals surface area contributed by atoms with Gasteiger partial charge in [-0.3, -0.25) is 9.30 Å². The maximum absolute atomic E-state index is 13.5. The first-order valence-electron chi connectivity index (χ1n) is 7.76. The number of halogens is 2. The molecule has 0 unspecified atom stereocenters. The van der Waals surface area contributed by atoms with Gasteiger partial charge in [0.1, 0.15) is 0 Å². The Hall–Kier alpha value is -2.38. The second-order valence-electron chi connectivity index (χ2n) is 6.07. The third-order valence-electron chi connectivity index (χ3n) is 4.36. The minimum atomic E-state index is -0.870. The summed E-state index contributed by atoms with van der Waals surface area (Å²) in [6, 6.07) is 5.55. The minimum Gasteiger partial charge on any atom is -0.392 e. The van der Waals surface area contributed by atoms with Crippen molar-refractivity contribution in [1.82, 2.24) is 19.3 Å². The molecule has 1 fully saturated rings. The van der Waals surface area contributed by atoms with Gasteiger partial charge in [0.25, 0.3) is 0 Å². The Bertz CT molecular complexity index is 849. The van der Waals surface area contributed by atoms with E-state index in [-0.39, 0.29) is 6.04 Å². The van der Waals surface area contributed by atoms with Gasteiger partial charge in [-0.2, -0.15) is 0 Å². The Morgan fingerprint density at radius 1 is 1.25 bits per heavy atom. The first-order chi connectivity index (χ1) is 11.6. The van der Waals surface area contributed by atoms with Crippen LogP contribution in [0.25, 0.3) is 5.78 Å². The molecule has 1 aromatic carbocycles. The molecule has 0 radical (unpaired) electrons. The van der Waals surface area contributed by atoms with Crippen molar-refractivity contribution in [2.24, 2.45) is 0 Å². The Labute approximate surface area is 137 Å². The van der Waals surface area contributed by atoms with Gasteiger partial charge >= 0.3 is 0 Å². The number of β-amino-alcohol motifs (C(OH)–C–C–N with tert-alkyl or cyclic N) is 1. The fourth-order valence-electron chi connectivity index (χ4n) is 3.28. The van der Waals surface area contributed by atoms with Gasteiger partial charge < -0.3 is 5.11 Å². The van der Waals surface area contributed by atoms with Crippen LogP contribution in [0.4, 0.5) is 8.78 Å². The summed E-state index contributed by atoms with van der Waals surface area (Å²) >= 11 is 0. The maximum Gasteiger partial charge on any atom is 0.233 e. The van der Waals surface area contributed by atoms with Gasteiger partial charge in [-0.25, -0.2) is 18.7 Å². The molecule has 2 atom stereocenters. The molecule has 1 aliphatic rings. The molecule has 0 saturated carbocycles. The van der Waals surface area contributed by atoms with Gasteiger partial charge in [0, 0.05) is 37.7 Å². The molecule has 0 bridgehead atoms. The smallest absolute Gasteiger partial charge is 0.233 e. The molecule has 24 heavy (non-hydrogen) atoms. The van der Waals surface area contributed by atoms with Crippen molar-refractivity contribution in [2.45, 2.75) is 25.1 Å². The van der Waals surface area contributed by atoms with E-state index in [1.807, 2.05) is 27.8 Å². The molecule has 5 nitrogen and oxygen atoms in total. The molecular weight excluding hydrogens is 314 g/mol. The van der Waals surface area contributed by atoms with Gasteiger partial charge in [0.15, 0.2) is 11.6 Å². The largest absolute Gasteiger partial charge is 0.392 e. The molecule has 2 aromatic heterocycles. The van der Waals surface area contributed by atoms with E-state index >= 15 is 0 Å². The van der Waals surface area contributed by atoms with Gasteiger partial charge in [0.05, 0.1) is 11.8 Å². The van der Waals surface area contributed by atoms with E-state index in [4.69, 9.17) is 0 Å². The van der Waals surface area contributed by atoms with Crippen molar-refractivity contribution in [1.29, 1.82) is 0 Å². The van der Waals surface area contributed by atoms with Crippen LogP contribution in [0.15, 0.2) is 42.9 Å². The zero-order valence-electron chi connectivity index (χ0n) is 12.8. The number of hydrogen-bond acceptors (Lipinski definition) is 4. The van der Waals surface area contributed by atoms with Crippen molar-refractivity contribution in [2.75, 3.05) is 6.54 Å². The lowest BCUT2D eigenvalue weighted by Crippen LogP contribution is -2.24. The van der Waals surface area contributed by atoms with E-state index < -0.39 is 17.7 Å². The molecule has 4 rings (SSSR count). The third-order valence-corrected chi connectivity index (χ3v) is 4.36. The number of nitrogens with zero attached hydrogens (tertiary/aromatic N) is 4. The second kappa shape index (κ2) is 5.92. The monoisotopic (exact) mass is 330 g/mol. The van der Waals surface area contributed by atoms with Crippen molar-refractivity contribution in [3.05, 3.63) is 65.7 Å². The quantitative estimate of drug-likeness (QED) is 0.801. The van der Waals surface area contributed by atoms with Crippen LogP contribution in [-0.2, 0) is 6.54 Å². The van der Waals surface area contributed by atoms with Crippen LogP contribution in [0.3, 0.4) is 0 Å². The van der Waals surface area contributed by atoms with E-state index in [0.29, 0.717) is 30.9 Å². The Morgan fingerprint density at radius 3 is 2.92 bits per heavy atom. The average molecular weight is 330 g/mol. The lowest BCUT2D eigenvalue weighted by Gasteiger charge is -2.23. The summed E-state index contributed by atoms with van der Waals surface area (Å²) < 4.78 is 28.5. The van der Waals surface area contributed by atoms with Gasteiger partial charge in [-0.05, 0) is 30.2 Å². The molecule has 124 valence electrons. The number of aliphatic hydroxyl groups is 1. The van der Waals surface area contributed by atoms with E-state index in [1.54, 1.807) is 12.3 Å². The fourth-order valence-corrected chi connectivity index (χ4v) is 3.28. The number of hydrogen-bond donors (Lipinski definition) is 1. The van der Waals surface area contributed by atoms with E-state index in [0.717, 1.165) is 11.8 Å². The van der Waals surface area contributed by atoms with Crippen LogP contribution >= 0.6 is 0 Å². The van der Waals surface area contributed by atoms with Gasteiger partial charge in [-0.1, -0.05) is 6.07 Å². The summed E-state index contributed by atoms with van der Waals surface area (Å²) in [5, 5.41) is 10.0. The molecule has 0 spiro atoms. The number of fused-ring (bicyclic) bond motifs is 1. The molecule has 7 heteroatoms. The number of imidazole rings is 1. The molecule has 3 aromatic rings. The topological polar surface area (TPSA) is 53.7 Å². The zero-order chi connectivity index (χ0) is 16.7. The molecule has 1 saturated heterocycles. The van der Waals surface area contributed by atoms with Crippen LogP contribution in [-0.4, -0.2) is 37.0 Å². The highest BCUT2D eigenvalue weighted by Crippen LogP contribution is 2.33. The number of aromatic nitrogens is 3. The zero-order valence-corrected chi connectivity index (χ0v) is 12.8. The normalized spacial score (nSPS) is 21.6. The summed E-state index contributed by atoms with van der Waals surface area (Å²) in [6.07, 6.45) is 5.41. The number of rotatable bonds is 3. The van der Waals surface area contributed by atoms with Gasteiger partial charge in [0.2, 0.25) is 5.78 Å². The van der Waals surface area contributed by atoms with Crippen molar-refractivity contribution in [3.63, 3.8) is 0 Å². The summed E-state index contributed by atoms with van der Waals surface area (Å²) in [5.74, 6) is -1.13. The lowest BCUT2D eigenvalue weighted by atomic mass is 10.0. The fraction of sp³-hybridized carbons (Fsp3) is 0.294. The van der Waals surface area contributed by atoms with Crippen molar-refractivity contribution in [3.8, 4) is 0 Å². The SMILES string of the molecule is O[C@@H]1C[C@H](c2ccc(F)c(F)c2)N(Cc2cn3cccnc3n2)C1. The number of benzene rings is 1. The van der Waals surface area contributed by atoms with Crippen molar-refractivity contribution < 1.29 is 13.9 Å². The summed E-state index contributed by atoms with van der Waals surface area (Å²) in [6.45, 7) is 0.967. The molecule has 1 aliphatic heterocycles. The summed E-state index contributed by atoms with van der Waals surface area (Å²) in [4.78, 5) is 10.7. The highest BCUT2D eigenvalue weighted by atomic mass is 19.2.